The van der Waals surface area contributed by atoms with Crippen LogP contribution in [0.3, 0.4) is 0 Å². The van der Waals surface area contributed by atoms with E-state index in [2.05, 4.69) is 4.98 Å². The average Bonchev–Trinajstić information content (AvgIpc) is 1.90. The van der Waals surface area contributed by atoms with E-state index in [1.165, 1.54) is 6.20 Å². The average molecular weight is 186 g/mol. The Morgan fingerprint density at radius 1 is 1.60 bits per heavy atom. The summed E-state index contributed by atoms with van der Waals surface area (Å²) in [6.07, 6.45) is 3.02. The van der Waals surface area contributed by atoms with Gasteiger partial charge in [-0.05, 0) is 12.1 Å². The molecule has 10 heavy (non-hydrogen) atoms. The largest absolute Gasteiger partial charge is 1.00 e. The molecule has 1 heterocycles. The van der Waals surface area contributed by atoms with E-state index in [4.69, 9.17) is 5.73 Å². The number of carbonyl (C=O) groups is 1. The zero-order valence-electron chi connectivity index (χ0n) is 5.04. The monoisotopic (exact) mass is 185 g/mol. The molecule has 0 saturated carbocycles. The van der Waals surface area contributed by atoms with Crippen LogP contribution in [-0.4, -0.2) is 10.9 Å². The van der Waals surface area contributed by atoms with Crippen molar-refractivity contribution >= 4 is 5.91 Å². The molecular weight excluding hydrogens is 180 g/mol. The predicted molar refractivity (Wildman–Crippen MR) is 32.8 cm³/mol. The van der Waals surface area contributed by atoms with Crippen molar-refractivity contribution < 1.29 is 21.9 Å². The molecule has 0 atom stereocenters. The first-order valence-electron chi connectivity index (χ1n) is 2.50. The molecule has 1 amide bonds. The van der Waals surface area contributed by atoms with Crippen LogP contribution >= 0.6 is 0 Å². The maximum atomic E-state index is 10.4. The number of nitrogens with zero attached hydrogens (tertiary/aromatic N) is 1. The van der Waals surface area contributed by atoms with Crippen molar-refractivity contribution in [3.05, 3.63) is 30.1 Å². The number of pyridine rings is 1. The molecule has 4 heteroatoms. The van der Waals surface area contributed by atoms with Crippen molar-refractivity contribution in [2.45, 2.75) is 0 Å². The van der Waals surface area contributed by atoms with Crippen LogP contribution in [-0.2, 0) is 17.1 Å². The quantitative estimate of drug-likeness (QED) is 0.635. The zero-order valence-corrected chi connectivity index (χ0v) is 5.99. The van der Waals surface area contributed by atoms with Crippen LogP contribution in [0.5, 0.6) is 0 Å². The second-order valence-corrected chi connectivity index (χ2v) is 1.61. The number of rotatable bonds is 1. The first kappa shape index (κ1) is 9.14. The second-order valence-electron chi connectivity index (χ2n) is 1.61. The van der Waals surface area contributed by atoms with E-state index in [0.717, 1.165) is 0 Å². The molecule has 0 fully saturated rings. The molecule has 0 radical (unpaired) electrons. The van der Waals surface area contributed by atoms with Gasteiger partial charge in [0, 0.05) is 12.4 Å². The number of hydrogen-bond acceptors (Lipinski definition) is 2. The molecule has 1 rings (SSSR count). The fourth-order valence-electron chi connectivity index (χ4n) is 0.509. The smallest absolute Gasteiger partial charge is 0.366 e. The van der Waals surface area contributed by atoms with Crippen molar-refractivity contribution in [2.24, 2.45) is 5.73 Å². The van der Waals surface area contributed by atoms with E-state index in [1.54, 1.807) is 18.3 Å². The van der Waals surface area contributed by atoms with E-state index in [9.17, 15) is 4.79 Å². The predicted octanol–water partition coefficient (Wildman–Crippen LogP) is 0.178. The van der Waals surface area contributed by atoms with E-state index in [0.29, 0.717) is 5.56 Å². The molecular formula is C6H6CuN2O+. The number of primary amides is 1. The molecule has 3 nitrogen and oxygen atoms in total. The van der Waals surface area contributed by atoms with Gasteiger partial charge in [0.1, 0.15) is 0 Å². The Morgan fingerprint density at radius 2 is 2.30 bits per heavy atom. The number of carbonyl (C=O) groups excluding carboxylic acids is 1. The summed E-state index contributed by atoms with van der Waals surface area (Å²) in [5, 5.41) is 0. The summed E-state index contributed by atoms with van der Waals surface area (Å²) in [5.74, 6) is -0.442. The molecule has 0 unspecified atom stereocenters. The van der Waals surface area contributed by atoms with Crippen molar-refractivity contribution in [1.29, 1.82) is 0 Å². The van der Waals surface area contributed by atoms with Crippen LogP contribution in [0.15, 0.2) is 24.5 Å². The standard InChI is InChI=1S/C6H6N2O.Cu/c7-6(9)5-2-1-3-8-4-5;/h1-4H,(H2,7,9);/q;+1. The Morgan fingerprint density at radius 3 is 2.60 bits per heavy atom. The summed E-state index contributed by atoms with van der Waals surface area (Å²) in [7, 11) is 0. The maximum absolute atomic E-state index is 10.4. The molecule has 1 aromatic rings. The third-order valence-electron chi connectivity index (χ3n) is 0.946. The number of amides is 1. The van der Waals surface area contributed by atoms with Crippen LogP contribution in [0.2, 0.25) is 0 Å². The minimum absolute atomic E-state index is 0. The van der Waals surface area contributed by atoms with Gasteiger partial charge < -0.3 is 5.73 Å². The van der Waals surface area contributed by atoms with Gasteiger partial charge in [-0.15, -0.1) is 0 Å². The Labute approximate surface area is 69.1 Å². The Bertz CT molecular complexity index is 212. The Balaban J connectivity index is 0.000000810. The number of nitrogens with two attached hydrogens (primary N) is 1. The van der Waals surface area contributed by atoms with Crippen molar-refractivity contribution in [1.82, 2.24) is 4.98 Å². The first-order chi connectivity index (χ1) is 4.30. The third-order valence-corrected chi connectivity index (χ3v) is 0.946. The Kier molecular flexibility index (Phi) is 3.69. The summed E-state index contributed by atoms with van der Waals surface area (Å²) < 4.78 is 0. The molecule has 2 N–H and O–H groups in total. The maximum Gasteiger partial charge on any atom is 1.00 e. The van der Waals surface area contributed by atoms with Crippen molar-refractivity contribution in [3.63, 3.8) is 0 Å². The SMILES string of the molecule is NC(=O)c1cccnc1.[Cu+]. The second kappa shape index (κ2) is 4.04. The van der Waals surface area contributed by atoms with Gasteiger partial charge >= 0.3 is 17.1 Å². The van der Waals surface area contributed by atoms with Crippen molar-refractivity contribution in [3.8, 4) is 0 Å². The van der Waals surface area contributed by atoms with Crippen molar-refractivity contribution in [2.75, 3.05) is 0 Å². The van der Waals surface area contributed by atoms with Gasteiger partial charge in [0.05, 0.1) is 5.56 Å². The van der Waals surface area contributed by atoms with E-state index < -0.39 is 5.91 Å². The number of hydrogen-bond donors (Lipinski definition) is 1. The van der Waals surface area contributed by atoms with Gasteiger partial charge in [-0.2, -0.15) is 0 Å². The summed E-state index contributed by atoms with van der Waals surface area (Å²) >= 11 is 0. The van der Waals surface area contributed by atoms with Gasteiger partial charge in [-0.25, -0.2) is 0 Å². The summed E-state index contributed by atoms with van der Waals surface area (Å²) in [4.78, 5) is 14.1. The fourth-order valence-corrected chi connectivity index (χ4v) is 0.509. The van der Waals surface area contributed by atoms with Gasteiger partial charge in [-0.1, -0.05) is 0 Å². The molecule has 0 bridgehead atoms. The van der Waals surface area contributed by atoms with Gasteiger partial charge in [0.25, 0.3) is 0 Å². The van der Waals surface area contributed by atoms with E-state index in [1.807, 2.05) is 0 Å². The molecule has 0 aromatic carbocycles. The summed E-state index contributed by atoms with van der Waals surface area (Å²) in [6.45, 7) is 0. The van der Waals surface area contributed by atoms with Crippen LogP contribution in [0.1, 0.15) is 10.4 Å². The summed E-state index contributed by atoms with van der Waals surface area (Å²) in [6, 6.07) is 3.29. The van der Waals surface area contributed by atoms with Crippen LogP contribution in [0, 0.1) is 0 Å². The summed E-state index contributed by atoms with van der Waals surface area (Å²) in [5.41, 5.74) is 5.38. The molecule has 0 aliphatic heterocycles. The van der Waals surface area contributed by atoms with Crippen LogP contribution in [0.25, 0.3) is 0 Å². The molecule has 0 aliphatic carbocycles. The van der Waals surface area contributed by atoms with E-state index in [-0.39, 0.29) is 17.1 Å². The normalized spacial score (nSPS) is 8.00. The minimum atomic E-state index is -0.442. The molecule has 0 aliphatic rings. The zero-order chi connectivity index (χ0) is 6.69. The molecule has 0 saturated heterocycles. The van der Waals surface area contributed by atoms with E-state index >= 15 is 0 Å². The molecule has 1 aromatic heterocycles. The Hall–Kier alpha value is -0.861. The minimum Gasteiger partial charge on any atom is -0.366 e. The van der Waals surface area contributed by atoms with Crippen LogP contribution in [0.4, 0.5) is 0 Å². The van der Waals surface area contributed by atoms with Gasteiger partial charge in [0.15, 0.2) is 0 Å². The fraction of sp³-hybridized carbons (Fsp3) is 0. The first-order valence-corrected chi connectivity index (χ1v) is 2.50. The molecule has 56 valence electrons. The van der Waals surface area contributed by atoms with Gasteiger partial charge in [0.2, 0.25) is 5.91 Å². The topological polar surface area (TPSA) is 56.0 Å². The number of aromatic nitrogens is 1. The van der Waals surface area contributed by atoms with Crippen LogP contribution < -0.4 is 5.73 Å². The van der Waals surface area contributed by atoms with Gasteiger partial charge in [-0.3, -0.25) is 9.78 Å². The third kappa shape index (κ3) is 2.17. The molecule has 0 spiro atoms.